The number of anilines is 1. The van der Waals surface area contributed by atoms with E-state index in [-0.39, 0.29) is 11.4 Å². The maximum atomic E-state index is 13.2. The van der Waals surface area contributed by atoms with Gasteiger partial charge in [0.25, 0.3) is 5.91 Å². The van der Waals surface area contributed by atoms with E-state index in [1.54, 1.807) is 24.3 Å². The van der Waals surface area contributed by atoms with Crippen molar-refractivity contribution in [3.63, 3.8) is 0 Å². The first kappa shape index (κ1) is 19.1. The highest BCUT2D eigenvalue weighted by Crippen LogP contribution is 2.23. The van der Waals surface area contributed by atoms with Crippen molar-refractivity contribution in [3.8, 4) is 11.8 Å². The number of benzene rings is 2. The maximum absolute atomic E-state index is 13.2. The van der Waals surface area contributed by atoms with E-state index in [9.17, 15) is 14.4 Å². The quantitative estimate of drug-likeness (QED) is 0.512. The third kappa shape index (κ3) is 3.86. The summed E-state index contributed by atoms with van der Waals surface area (Å²) in [6, 6.07) is 17.5. The number of nitrogens with zero attached hydrogens (tertiary/aromatic N) is 2. The van der Waals surface area contributed by atoms with Crippen LogP contribution in [0.25, 0.3) is 11.8 Å². The van der Waals surface area contributed by atoms with E-state index in [1.165, 1.54) is 12.1 Å². The maximum Gasteiger partial charge on any atom is 0.266 e. The third-order valence-electron chi connectivity index (χ3n) is 4.61. The van der Waals surface area contributed by atoms with Crippen molar-refractivity contribution in [2.75, 3.05) is 5.32 Å². The van der Waals surface area contributed by atoms with Crippen LogP contribution in [-0.4, -0.2) is 10.5 Å². The minimum Gasteiger partial charge on any atom is -0.321 e. The average Bonchev–Trinajstić information content (AvgIpc) is 2.95. The van der Waals surface area contributed by atoms with Crippen molar-refractivity contribution in [1.29, 1.82) is 5.26 Å². The molecule has 0 radical (unpaired) electrons. The highest BCUT2D eigenvalue weighted by atomic mass is 19.1. The Hall–Kier alpha value is -3.65. The third-order valence-corrected chi connectivity index (χ3v) is 4.61. The van der Waals surface area contributed by atoms with E-state index in [2.05, 4.69) is 5.32 Å². The van der Waals surface area contributed by atoms with Crippen molar-refractivity contribution in [3.05, 3.63) is 88.5 Å². The number of hydrogen-bond acceptors (Lipinski definition) is 2. The van der Waals surface area contributed by atoms with Gasteiger partial charge in [0.1, 0.15) is 17.5 Å². The van der Waals surface area contributed by atoms with Crippen LogP contribution < -0.4 is 5.32 Å². The topological polar surface area (TPSA) is 57.8 Å². The fourth-order valence-electron chi connectivity index (χ4n) is 3.13. The van der Waals surface area contributed by atoms with Crippen LogP contribution in [0.3, 0.4) is 0 Å². The number of halogens is 1. The lowest BCUT2D eigenvalue weighted by Gasteiger charge is -2.09. The van der Waals surface area contributed by atoms with Gasteiger partial charge in [0.2, 0.25) is 0 Å². The number of hydrogen-bond donors (Lipinski definition) is 1. The van der Waals surface area contributed by atoms with Crippen LogP contribution in [0.2, 0.25) is 0 Å². The van der Waals surface area contributed by atoms with E-state index < -0.39 is 5.91 Å². The fourth-order valence-corrected chi connectivity index (χ4v) is 3.13. The molecule has 0 aliphatic carbocycles. The van der Waals surface area contributed by atoms with Crippen LogP contribution in [0.5, 0.6) is 0 Å². The number of aromatic nitrogens is 1. The first-order valence-electron chi connectivity index (χ1n) is 8.84. The molecule has 0 atom stereocenters. The Morgan fingerprint density at radius 1 is 1.11 bits per heavy atom. The summed E-state index contributed by atoms with van der Waals surface area (Å²) in [6.45, 7) is 5.71. The zero-order valence-electron chi connectivity index (χ0n) is 16.0. The van der Waals surface area contributed by atoms with Gasteiger partial charge in [-0.05, 0) is 74.4 Å². The molecule has 0 fully saturated rings. The van der Waals surface area contributed by atoms with E-state index in [0.717, 1.165) is 28.2 Å². The summed E-state index contributed by atoms with van der Waals surface area (Å²) in [5, 5.41) is 12.3. The van der Waals surface area contributed by atoms with Gasteiger partial charge >= 0.3 is 0 Å². The molecule has 0 bridgehead atoms. The smallest absolute Gasteiger partial charge is 0.266 e. The lowest BCUT2D eigenvalue weighted by molar-refractivity contribution is -0.112. The second-order valence-corrected chi connectivity index (χ2v) is 6.58. The second-order valence-electron chi connectivity index (χ2n) is 6.58. The largest absolute Gasteiger partial charge is 0.321 e. The van der Waals surface area contributed by atoms with Gasteiger partial charge in [0.15, 0.2) is 0 Å². The molecule has 0 saturated heterocycles. The molecule has 0 aliphatic rings. The molecule has 3 rings (SSSR count). The summed E-state index contributed by atoms with van der Waals surface area (Å²) in [5.41, 5.74) is 4.97. The zero-order chi connectivity index (χ0) is 20.3. The molecule has 1 N–H and O–H groups in total. The molecule has 28 heavy (non-hydrogen) atoms. The van der Waals surface area contributed by atoms with Crippen molar-refractivity contribution in [1.82, 2.24) is 4.57 Å². The minimum atomic E-state index is -0.455. The molecule has 5 heteroatoms. The Morgan fingerprint density at radius 3 is 2.43 bits per heavy atom. The van der Waals surface area contributed by atoms with Crippen molar-refractivity contribution in [2.24, 2.45) is 0 Å². The standard InChI is InChI=1S/C23H20FN3O/c1-15-6-4-5-7-22(15)26-23(28)19(14-25)13-18-12-16(2)27(17(18)3)21-10-8-20(24)9-11-21/h4-13H,1-3H3,(H,26,28)/b19-13-. The zero-order valence-corrected chi connectivity index (χ0v) is 16.0. The minimum absolute atomic E-state index is 0.0163. The molecule has 0 saturated carbocycles. The Morgan fingerprint density at radius 2 is 1.79 bits per heavy atom. The lowest BCUT2D eigenvalue weighted by atomic mass is 10.1. The van der Waals surface area contributed by atoms with Gasteiger partial charge in [-0.2, -0.15) is 5.26 Å². The van der Waals surface area contributed by atoms with Crippen LogP contribution >= 0.6 is 0 Å². The molecule has 3 aromatic rings. The SMILES string of the molecule is Cc1ccccc1NC(=O)/C(C#N)=C\c1cc(C)n(-c2ccc(F)cc2)c1C. The van der Waals surface area contributed by atoms with Crippen LogP contribution in [-0.2, 0) is 4.79 Å². The Labute approximate surface area is 163 Å². The molecule has 1 heterocycles. The van der Waals surface area contributed by atoms with Gasteiger partial charge in [0.05, 0.1) is 0 Å². The summed E-state index contributed by atoms with van der Waals surface area (Å²) in [4.78, 5) is 12.6. The summed E-state index contributed by atoms with van der Waals surface area (Å²) < 4.78 is 15.2. The van der Waals surface area contributed by atoms with E-state index in [0.29, 0.717) is 5.69 Å². The highest BCUT2D eigenvalue weighted by Gasteiger charge is 2.14. The van der Waals surface area contributed by atoms with Crippen LogP contribution in [0.4, 0.5) is 10.1 Å². The fraction of sp³-hybridized carbons (Fsp3) is 0.130. The number of aryl methyl sites for hydroxylation is 2. The Bertz CT molecular complexity index is 1100. The number of rotatable bonds is 4. The molecule has 0 unspecified atom stereocenters. The first-order chi connectivity index (χ1) is 13.4. The number of amides is 1. The van der Waals surface area contributed by atoms with Gasteiger partial charge in [-0.15, -0.1) is 0 Å². The predicted octanol–water partition coefficient (Wildman–Crippen LogP) is 5.09. The van der Waals surface area contributed by atoms with E-state index >= 15 is 0 Å². The van der Waals surface area contributed by atoms with E-state index in [4.69, 9.17) is 0 Å². The summed E-state index contributed by atoms with van der Waals surface area (Å²) in [5.74, 6) is -0.755. The molecular formula is C23H20FN3O. The number of nitriles is 1. The van der Waals surface area contributed by atoms with Crippen molar-refractivity contribution in [2.45, 2.75) is 20.8 Å². The normalized spacial score (nSPS) is 11.2. The van der Waals surface area contributed by atoms with Gasteiger partial charge < -0.3 is 9.88 Å². The van der Waals surface area contributed by atoms with Gasteiger partial charge in [-0.3, -0.25) is 4.79 Å². The molecule has 1 aromatic heterocycles. The summed E-state index contributed by atoms with van der Waals surface area (Å²) in [7, 11) is 0. The summed E-state index contributed by atoms with van der Waals surface area (Å²) >= 11 is 0. The molecular weight excluding hydrogens is 353 g/mol. The van der Waals surface area contributed by atoms with Crippen LogP contribution in [0.15, 0.2) is 60.2 Å². The number of nitrogens with one attached hydrogen (secondary N) is 1. The molecule has 2 aromatic carbocycles. The highest BCUT2D eigenvalue weighted by molar-refractivity contribution is 6.10. The van der Waals surface area contributed by atoms with Gasteiger partial charge in [-0.1, -0.05) is 18.2 Å². The number of carbonyl (C=O) groups excluding carboxylic acids is 1. The number of carbonyl (C=O) groups is 1. The number of para-hydroxylation sites is 1. The van der Waals surface area contributed by atoms with Gasteiger partial charge in [0, 0.05) is 22.8 Å². The average molecular weight is 373 g/mol. The van der Waals surface area contributed by atoms with E-state index in [1.807, 2.05) is 55.7 Å². The first-order valence-corrected chi connectivity index (χ1v) is 8.84. The Kier molecular flexibility index (Phi) is 5.42. The summed E-state index contributed by atoms with van der Waals surface area (Å²) in [6.07, 6.45) is 1.58. The lowest BCUT2D eigenvalue weighted by Crippen LogP contribution is -2.14. The van der Waals surface area contributed by atoms with Crippen molar-refractivity contribution < 1.29 is 9.18 Å². The monoisotopic (exact) mass is 373 g/mol. The predicted molar refractivity (Wildman–Crippen MR) is 109 cm³/mol. The molecule has 0 aliphatic heterocycles. The van der Waals surface area contributed by atoms with Crippen LogP contribution in [0, 0.1) is 37.9 Å². The molecule has 0 spiro atoms. The Balaban J connectivity index is 1.94. The van der Waals surface area contributed by atoms with Crippen molar-refractivity contribution >= 4 is 17.7 Å². The second kappa shape index (κ2) is 7.93. The molecule has 140 valence electrons. The molecule has 4 nitrogen and oxygen atoms in total. The molecule has 1 amide bonds. The van der Waals surface area contributed by atoms with Crippen LogP contribution in [0.1, 0.15) is 22.5 Å². The van der Waals surface area contributed by atoms with Gasteiger partial charge in [-0.25, -0.2) is 4.39 Å².